The van der Waals surface area contributed by atoms with Gasteiger partial charge in [-0.2, -0.15) is 0 Å². The van der Waals surface area contributed by atoms with Crippen molar-refractivity contribution in [3.05, 3.63) is 71.3 Å². The molecular weight excluding hydrogens is 256 g/mol. The minimum Gasteiger partial charge on any atom is -0.309 e. The molecule has 3 rings (SSSR count). The third-order valence-electron chi connectivity index (χ3n) is 4.35. The second kappa shape index (κ2) is 6.88. The number of hydrogen-bond donors (Lipinski definition) is 1. The summed E-state index contributed by atoms with van der Waals surface area (Å²) in [6.45, 7) is 6.51. The number of benzene rings is 2. The summed E-state index contributed by atoms with van der Waals surface area (Å²) in [5.74, 6) is 0. The standard InChI is InChI=1S/C19H24N2/c1-2-21(14-16-8-4-3-5-9-16)15-19-18-11-7-6-10-17(18)12-13-20-19/h3-11,19-20H,2,12-15H2,1H3. The molecule has 0 fully saturated rings. The van der Waals surface area contributed by atoms with Gasteiger partial charge in [0.05, 0.1) is 0 Å². The molecule has 2 heteroatoms. The first kappa shape index (κ1) is 14.3. The van der Waals surface area contributed by atoms with Gasteiger partial charge in [0, 0.05) is 19.1 Å². The summed E-state index contributed by atoms with van der Waals surface area (Å²) < 4.78 is 0. The van der Waals surface area contributed by atoms with Gasteiger partial charge in [-0.05, 0) is 36.2 Å². The van der Waals surface area contributed by atoms with E-state index in [4.69, 9.17) is 0 Å². The molecule has 1 aliphatic rings. The van der Waals surface area contributed by atoms with Crippen molar-refractivity contribution in [2.24, 2.45) is 0 Å². The van der Waals surface area contributed by atoms with Crippen molar-refractivity contribution in [1.29, 1.82) is 0 Å². The number of nitrogens with zero attached hydrogens (tertiary/aromatic N) is 1. The van der Waals surface area contributed by atoms with Crippen LogP contribution in [0.4, 0.5) is 0 Å². The van der Waals surface area contributed by atoms with Gasteiger partial charge >= 0.3 is 0 Å². The van der Waals surface area contributed by atoms with E-state index in [9.17, 15) is 0 Å². The van der Waals surface area contributed by atoms with Crippen LogP contribution in [0.2, 0.25) is 0 Å². The van der Waals surface area contributed by atoms with Gasteiger partial charge in [-0.15, -0.1) is 0 Å². The smallest absolute Gasteiger partial charge is 0.0452 e. The quantitative estimate of drug-likeness (QED) is 0.903. The molecule has 0 bridgehead atoms. The third kappa shape index (κ3) is 3.52. The number of fused-ring (bicyclic) bond motifs is 1. The summed E-state index contributed by atoms with van der Waals surface area (Å²) in [7, 11) is 0. The van der Waals surface area contributed by atoms with Crippen LogP contribution < -0.4 is 5.32 Å². The van der Waals surface area contributed by atoms with Crippen LogP contribution in [0.15, 0.2) is 54.6 Å². The lowest BCUT2D eigenvalue weighted by atomic mass is 9.94. The molecule has 2 nitrogen and oxygen atoms in total. The molecule has 0 radical (unpaired) electrons. The van der Waals surface area contributed by atoms with E-state index in [-0.39, 0.29) is 0 Å². The zero-order chi connectivity index (χ0) is 14.5. The molecule has 2 aromatic carbocycles. The summed E-state index contributed by atoms with van der Waals surface area (Å²) in [6, 6.07) is 20.1. The Morgan fingerprint density at radius 2 is 1.81 bits per heavy atom. The Kier molecular flexibility index (Phi) is 4.69. The minimum absolute atomic E-state index is 0.457. The summed E-state index contributed by atoms with van der Waals surface area (Å²) in [6.07, 6.45) is 1.15. The highest BCUT2D eigenvalue weighted by Crippen LogP contribution is 2.23. The fourth-order valence-corrected chi connectivity index (χ4v) is 3.16. The van der Waals surface area contributed by atoms with Gasteiger partial charge in [-0.1, -0.05) is 61.5 Å². The fraction of sp³-hybridized carbons (Fsp3) is 0.368. The van der Waals surface area contributed by atoms with Gasteiger partial charge in [-0.25, -0.2) is 0 Å². The predicted molar refractivity (Wildman–Crippen MR) is 88.3 cm³/mol. The van der Waals surface area contributed by atoms with Crippen LogP contribution in [0.1, 0.15) is 29.7 Å². The fourth-order valence-electron chi connectivity index (χ4n) is 3.16. The SMILES string of the molecule is CCN(Cc1ccccc1)CC1NCCc2ccccc21. The maximum absolute atomic E-state index is 3.68. The normalized spacial score (nSPS) is 17.7. The largest absolute Gasteiger partial charge is 0.309 e. The number of likely N-dealkylation sites (N-methyl/N-ethyl adjacent to an activating group) is 1. The van der Waals surface area contributed by atoms with Crippen LogP contribution in [0.3, 0.4) is 0 Å². The average molecular weight is 280 g/mol. The van der Waals surface area contributed by atoms with Gasteiger partial charge in [0.25, 0.3) is 0 Å². The van der Waals surface area contributed by atoms with Crippen LogP contribution in [-0.2, 0) is 13.0 Å². The molecule has 1 N–H and O–H groups in total. The van der Waals surface area contributed by atoms with Crippen LogP contribution in [-0.4, -0.2) is 24.5 Å². The van der Waals surface area contributed by atoms with Gasteiger partial charge < -0.3 is 5.32 Å². The van der Waals surface area contributed by atoms with Crippen LogP contribution in [0, 0.1) is 0 Å². The molecule has 1 unspecified atom stereocenters. The average Bonchev–Trinajstić information content (AvgIpc) is 2.55. The Morgan fingerprint density at radius 3 is 2.62 bits per heavy atom. The maximum atomic E-state index is 3.68. The van der Waals surface area contributed by atoms with E-state index in [0.29, 0.717) is 6.04 Å². The molecule has 1 atom stereocenters. The van der Waals surface area contributed by atoms with Crippen molar-refractivity contribution >= 4 is 0 Å². The van der Waals surface area contributed by atoms with Crippen molar-refractivity contribution in [3.63, 3.8) is 0 Å². The molecule has 0 saturated carbocycles. The zero-order valence-electron chi connectivity index (χ0n) is 12.8. The van der Waals surface area contributed by atoms with Gasteiger partial charge in [0.1, 0.15) is 0 Å². The van der Waals surface area contributed by atoms with Crippen molar-refractivity contribution in [2.45, 2.75) is 25.9 Å². The van der Waals surface area contributed by atoms with Crippen molar-refractivity contribution in [1.82, 2.24) is 10.2 Å². The molecular formula is C19H24N2. The highest BCUT2D eigenvalue weighted by Gasteiger charge is 2.21. The Labute approximate surface area is 127 Å². The van der Waals surface area contributed by atoms with Gasteiger partial charge in [-0.3, -0.25) is 4.90 Å². The lowest BCUT2D eigenvalue weighted by Crippen LogP contribution is -2.38. The number of rotatable bonds is 5. The van der Waals surface area contributed by atoms with E-state index < -0.39 is 0 Å². The molecule has 21 heavy (non-hydrogen) atoms. The van der Waals surface area contributed by atoms with E-state index in [1.54, 1.807) is 0 Å². The summed E-state index contributed by atoms with van der Waals surface area (Å²) in [5.41, 5.74) is 4.38. The van der Waals surface area contributed by atoms with E-state index in [1.165, 1.54) is 16.7 Å². The Balaban J connectivity index is 1.70. The first-order chi connectivity index (χ1) is 10.4. The lowest BCUT2D eigenvalue weighted by molar-refractivity contribution is 0.242. The molecule has 1 aliphatic heterocycles. The number of nitrogens with one attached hydrogen (secondary N) is 1. The second-order valence-electron chi connectivity index (χ2n) is 5.77. The van der Waals surface area contributed by atoms with Crippen molar-refractivity contribution in [3.8, 4) is 0 Å². The molecule has 0 saturated heterocycles. The minimum atomic E-state index is 0.457. The molecule has 0 aromatic heterocycles. The van der Waals surface area contributed by atoms with Crippen LogP contribution in [0.25, 0.3) is 0 Å². The molecule has 1 heterocycles. The second-order valence-corrected chi connectivity index (χ2v) is 5.77. The Hall–Kier alpha value is -1.64. The van der Waals surface area contributed by atoms with E-state index in [2.05, 4.69) is 71.7 Å². The highest BCUT2D eigenvalue weighted by atomic mass is 15.1. The van der Waals surface area contributed by atoms with Crippen LogP contribution in [0.5, 0.6) is 0 Å². The van der Waals surface area contributed by atoms with E-state index in [0.717, 1.165) is 32.6 Å². The molecule has 2 aromatic rings. The first-order valence-electron chi connectivity index (χ1n) is 7.94. The van der Waals surface area contributed by atoms with Crippen molar-refractivity contribution in [2.75, 3.05) is 19.6 Å². The Bertz CT molecular complexity index is 565. The molecule has 110 valence electrons. The lowest BCUT2D eigenvalue weighted by Gasteiger charge is -2.32. The predicted octanol–water partition coefficient (Wildman–Crippen LogP) is 3.40. The topological polar surface area (TPSA) is 15.3 Å². The van der Waals surface area contributed by atoms with E-state index in [1.807, 2.05) is 0 Å². The van der Waals surface area contributed by atoms with Crippen LogP contribution >= 0.6 is 0 Å². The van der Waals surface area contributed by atoms with Gasteiger partial charge in [0.15, 0.2) is 0 Å². The number of hydrogen-bond acceptors (Lipinski definition) is 2. The Morgan fingerprint density at radius 1 is 1.05 bits per heavy atom. The van der Waals surface area contributed by atoms with E-state index >= 15 is 0 Å². The zero-order valence-corrected chi connectivity index (χ0v) is 12.8. The molecule has 0 amide bonds. The summed E-state index contributed by atoms with van der Waals surface area (Å²) in [5, 5.41) is 3.68. The first-order valence-corrected chi connectivity index (χ1v) is 7.94. The summed E-state index contributed by atoms with van der Waals surface area (Å²) in [4.78, 5) is 2.52. The monoisotopic (exact) mass is 280 g/mol. The van der Waals surface area contributed by atoms with Gasteiger partial charge in [0.2, 0.25) is 0 Å². The highest BCUT2D eigenvalue weighted by molar-refractivity contribution is 5.32. The van der Waals surface area contributed by atoms with Crippen molar-refractivity contribution < 1.29 is 0 Å². The third-order valence-corrected chi connectivity index (χ3v) is 4.35. The molecule has 0 spiro atoms. The molecule has 0 aliphatic carbocycles. The summed E-state index contributed by atoms with van der Waals surface area (Å²) >= 11 is 0. The maximum Gasteiger partial charge on any atom is 0.0452 e.